The maximum atomic E-state index is 13.9. The number of sulfonamides is 1. The van der Waals surface area contributed by atoms with Crippen LogP contribution in [0.3, 0.4) is 0 Å². The van der Waals surface area contributed by atoms with Crippen LogP contribution in [0, 0.1) is 5.82 Å². The molecule has 0 saturated heterocycles. The summed E-state index contributed by atoms with van der Waals surface area (Å²) in [6.45, 7) is 0. The first-order valence-corrected chi connectivity index (χ1v) is 9.86. The number of carbonyl (C=O) groups is 1. The van der Waals surface area contributed by atoms with Gasteiger partial charge in [-0.3, -0.25) is 0 Å². The van der Waals surface area contributed by atoms with E-state index in [1.807, 2.05) is 0 Å². The fourth-order valence-corrected chi connectivity index (χ4v) is 3.20. The van der Waals surface area contributed by atoms with Crippen molar-refractivity contribution in [2.75, 3.05) is 0 Å². The number of nitrogens with two attached hydrogens (primary N) is 1. The molecule has 2 heterocycles. The molecule has 0 amide bonds. The predicted molar refractivity (Wildman–Crippen MR) is 103 cm³/mol. The van der Waals surface area contributed by atoms with Crippen molar-refractivity contribution in [2.45, 2.75) is 4.90 Å². The number of halogens is 1. The molecule has 146 valence electrons. The highest BCUT2D eigenvalue weighted by molar-refractivity contribution is 7.89. The van der Waals surface area contributed by atoms with Crippen molar-refractivity contribution >= 4 is 28.0 Å². The second kappa shape index (κ2) is 7.12. The van der Waals surface area contributed by atoms with Gasteiger partial charge in [0, 0.05) is 11.6 Å². The van der Waals surface area contributed by atoms with E-state index in [0.717, 1.165) is 0 Å². The Morgan fingerprint density at radius 1 is 1.00 bits per heavy atom. The second-order valence-electron chi connectivity index (χ2n) is 6.09. The lowest BCUT2D eigenvalue weighted by Crippen LogP contribution is -2.11. The van der Waals surface area contributed by atoms with Crippen LogP contribution < -0.4 is 5.14 Å². The molecule has 0 saturated carbocycles. The van der Waals surface area contributed by atoms with Gasteiger partial charge in [0.25, 0.3) is 0 Å². The molecule has 0 unspecified atom stereocenters. The third-order valence-corrected chi connectivity index (χ3v) is 5.03. The molecule has 1 aliphatic rings. The maximum absolute atomic E-state index is 13.9. The number of nitrogens with zero attached hydrogens (tertiary/aromatic N) is 1. The van der Waals surface area contributed by atoms with Gasteiger partial charge < -0.3 is 9.15 Å². The number of carbonyl (C=O) groups excluding carboxylic acids is 1. The summed E-state index contributed by atoms with van der Waals surface area (Å²) in [5.74, 6) is -0.629. The predicted octanol–water partition coefficient (Wildman–Crippen LogP) is 3.08. The fourth-order valence-electron chi connectivity index (χ4n) is 2.69. The molecule has 2 aromatic carbocycles. The van der Waals surface area contributed by atoms with E-state index in [1.54, 1.807) is 30.3 Å². The molecular formula is C20H13FN2O5S. The molecule has 9 heteroatoms. The molecule has 0 aliphatic carbocycles. The lowest BCUT2D eigenvalue weighted by molar-refractivity contribution is -0.129. The van der Waals surface area contributed by atoms with Gasteiger partial charge in [0.15, 0.2) is 5.70 Å². The Balaban J connectivity index is 1.61. The summed E-state index contributed by atoms with van der Waals surface area (Å²) in [4.78, 5) is 16.1. The molecule has 0 atom stereocenters. The van der Waals surface area contributed by atoms with Crippen LogP contribution in [0.15, 0.2) is 80.7 Å². The lowest BCUT2D eigenvalue weighted by Gasteiger charge is -2.00. The summed E-state index contributed by atoms with van der Waals surface area (Å²) in [6, 6.07) is 14.9. The Kier molecular flexibility index (Phi) is 4.61. The molecule has 0 bridgehead atoms. The summed E-state index contributed by atoms with van der Waals surface area (Å²) in [5, 5.41) is 5.08. The second-order valence-corrected chi connectivity index (χ2v) is 7.65. The summed E-state index contributed by atoms with van der Waals surface area (Å²) in [7, 11) is -3.78. The number of hydrogen-bond acceptors (Lipinski definition) is 6. The molecule has 4 rings (SSSR count). The van der Waals surface area contributed by atoms with Crippen molar-refractivity contribution in [2.24, 2.45) is 10.1 Å². The SMILES string of the molecule is NS(=O)(=O)c1ccc(-c2ccc(/C=C3\N=C(c4ccccc4F)OC3=O)o2)cc1. The van der Waals surface area contributed by atoms with Gasteiger partial charge in [0.2, 0.25) is 15.9 Å². The van der Waals surface area contributed by atoms with Crippen LogP contribution in [0.4, 0.5) is 4.39 Å². The van der Waals surface area contributed by atoms with Crippen molar-refractivity contribution in [1.82, 2.24) is 0 Å². The van der Waals surface area contributed by atoms with Gasteiger partial charge in [0.05, 0.1) is 10.5 Å². The summed E-state index contributed by atoms with van der Waals surface area (Å²) >= 11 is 0. The van der Waals surface area contributed by atoms with E-state index < -0.39 is 21.8 Å². The van der Waals surface area contributed by atoms with Crippen LogP contribution in [0.5, 0.6) is 0 Å². The zero-order valence-electron chi connectivity index (χ0n) is 14.7. The van der Waals surface area contributed by atoms with Crippen LogP contribution in [0.2, 0.25) is 0 Å². The first kappa shape index (κ1) is 18.8. The highest BCUT2D eigenvalue weighted by Crippen LogP contribution is 2.26. The summed E-state index contributed by atoms with van der Waals surface area (Å²) in [5.41, 5.74) is 0.666. The van der Waals surface area contributed by atoms with Gasteiger partial charge in [-0.25, -0.2) is 27.7 Å². The maximum Gasteiger partial charge on any atom is 0.363 e. The molecule has 0 radical (unpaired) electrons. The third-order valence-electron chi connectivity index (χ3n) is 4.10. The van der Waals surface area contributed by atoms with Crippen LogP contribution in [0.1, 0.15) is 11.3 Å². The van der Waals surface area contributed by atoms with Gasteiger partial charge in [-0.15, -0.1) is 0 Å². The van der Waals surface area contributed by atoms with Crippen molar-refractivity contribution in [3.8, 4) is 11.3 Å². The highest BCUT2D eigenvalue weighted by atomic mass is 32.2. The van der Waals surface area contributed by atoms with Crippen molar-refractivity contribution in [1.29, 1.82) is 0 Å². The van der Waals surface area contributed by atoms with Crippen LogP contribution >= 0.6 is 0 Å². The largest absolute Gasteiger partial charge is 0.457 e. The van der Waals surface area contributed by atoms with E-state index in [4.69, 9.17) is 14.3 Å². The number of primary sulfonamides is 1. The summed E-state index contributed by atoms with van der Waals surface area (Å²) < 4.78 is 47.2. The number of furan rings is 1. The van der Waals surface area contributed by atoms with Gasteiger partial charge in [-0.1, -0.05) is 12.1 Å². The minimum Gasteiger partial charge on any atom is -0.457 e. The topological polar surface area (TPSA) is 112 Å². The van der Waals surface area contributed by atoms with E-state index in [1.165, 1.54) is 36.4 Å². The number of cyclic esters (lactones) is 1. The number of benzene rings is 2. The van der Waals surface area contributed by atoms with Gasteiger partial charge >= 0.3 is 5.97 Å². The lowest BCUT2D eigenvalue weighted by atomic mass is 10.2. The Labute approximate surface area is 165 Å². The minimum absolute atomic E-state index is 0.0149. The van der Waals surface area contributed by atoms with Crippen molar-refractivity contribution in [3.63, 3.8) is 0 Å². The van der Waals surface area contributed by atoms with Crippen LogP contribution in [-0.2, 0) is 19.6 Å². The van der Waals surface area contributed by atoms with Crippen molar-refractivity contribution in [3.05, 3.63) is 83.5 Å². The monoisotopic (exact) mass is 412 g/mol. The van der Waals surface area contributed by atoms with Crippen LogP contribution in [-0.4, -0.2) is 20.3 Å². The van der Waals surface area contributed by atoms with E-state index >= 15 is 0 Å². The Morgan fingerprint density at radius 2 is 1.72 bits per heavy atom. The summed E-state index contributed by atoms with van der Waals surface area (Å²) in [6.07, 6.45) is 1.37. The molecule has 7 nitrogen and oxygen atoms in total. The van der Waals surface area contributed by atoms with Gasteiger partial charge in [0.1, 0.15) is 17.3 Å². The van der Waals surface area contributed by atoms with E-state index in [-0.39, 0.29) is 22.1 Å². The zero-order chi connectivity index (χ0) is 20.6. The minimum atomic E-state index is -3.78. The third kappa shape index (κ3) is 3.86. The van der Waals surface area contributed by atoms with E-state index in [0.29, 0.717) is 17.1 Å². The standard InChI is InChI=1S/C20H13FN2O5S/c21-16-4-2-1-3-15(16)19-23-17(20(24)28-19)11-13-7-10-18(27-13)12-5-8-14(9-6-12)29(22,25)26/h1-11H,(H2,22,25,26)/b17-11-. The van der Waals surface area contributed by atoms with Crippen molar-refractivity contribution < 1.29 is 26.8 Å². The first-order valence-electron chi connectivity index (χ1n) is 8.32. The molecule has 1 aliphatic heterocycles. The highest BCUT2D eigenvalue weighted by Gasteiger charge is 2.26. The number of ether oxygens (including phenoxy) is 1. The molecule has 29 heavy (non-hydrogen) atoms. The average molecular weight is 412 g/mol. The van der Waals surface area contributed by atoms with E-state index in [2.05, 4.69) is 4.99 Å². The van der Waals surface area contributed by atoms with Crippen LogP contribution in [0.25, 0.3) is 17.4 Å². The Morgan fingerprint density at radius 3 is 2.41 bits per heavy atom. The molecule has 3 aromatic rings. The Bertz CT molecular complexity index is 1270. The smallest absolute Gasteiger partial charge is 0.363 e. The molecule has 0 fully saturated rings. The normalized spacial score (nSPS) is 15.4. The molecular weight excluding hydrogens is 399 g/mol. The van der Waals surface area contributed by atoms with Gasteiger partial charge in [-0.2, -0.15) is 0 Å². The zero-order valence-corrected chi connectivity index (χ0v) is 15.5. The molecule has 0 spiro atoms. The number of aliphatic imine (C=N–C) groups is 1. The quantitative estimate of drug-likeness (QED) is 0.523. The molecule has 2 N–H and O–H groups in total. The van der Waals surface area contributed by atoms with Gasteiger partial charge in [-0.05, 0) is 48.5 Å². The van der Waals surface area contributed by atoms with E-state index in [9.17, 15) is 17.6 Å². The fraction of sp³-hybridized carbons (Fsp3) is 0. The first-order chi connectivity index (χ1) is 13.8. The average Bonchev–Trinajstić information content (AvgIpc) is 3.29. The number of hydrogen-bond donors (Lipinski definition) is 1. The molecule has 1 aromatic heterocycles. The number of esters is 1. The Hall–Kier alpha value is -3.56. The number of rotatable bonds is 4.